The zero-order valence-electron chi connectivity index (χ0n) is 9.39. The quantitative estimate of drug-likeness (QED) is 0.830. The molecule has 0 atom stereocenters. The number of hydrogen-bond donors (Lipinski definition) is 0. The van der Waals surface area contributed by atoms with Crippen LogP contribution in [0.1, 0.15) is 5.56 Å². The van der Waals surface area contributed by atoms with E-state index in [1.807, 2.05) is 11.1 Å². The van der Waals surface area contributed by atoms with Crippen LogP contribution >= 0.6 is 0 Å². The minimum absolute atomic E-state index is 0.204. The molecule has 0 amide bonds. The summed E-state index contributed by atoms with van der Waals surface area (Å²) in [5.41, 5.74) is 0.735. The summed E-state index contributed by atoms with van der Waals surface area (Å²) in [6, 6.07) is 5.93. The molecule has 0 unspecified atom stereocenters. The molecule has 0 fully saturated rings. The van der Waals surface area contributed by atoms with Crippen molar-refractivity contribution in [2.45, 2.75) is 12.9 Å². The predicted octanol–water partition coefficient (Wildman–Crippen LogP) is 2.94. The molecule has 0 spiro atoms. The molecule has 3 nitrogen and oxygen atoms in total. The fraction of sp³-hybridized carbons (Fsp3) is 0.250. The van der Waals surface area contributed by atoms with Gasteiger partial charge < -0.3 is 9.64 Å². The Bertz CT molecular complexity index is 469. The van der Waals surface area contributed by atoms with Crippen molar-refractivity contribution >= 4 is 6.21 Å². The third kappa shape index (κ3) is 3.80. The maximum Gasteiger partial charge on any atom is 0.573 e. The second-order valence-electron chi connectivity index (χ2n) is 3.76. The Morgan fingerprint density at radius 2 is 2.17 bits per heavy atom. The normalized spacial score (nSPS) is 14.9. The van der Waals surface area contributed by atoms with Gasteiger partial charge in [0, 0.05) is 19.0 Å². The van der Waals surface area contributed by atoms with Crippen LogP contribution in [0.3, 0.4) is 0 Å². The number of benzene rings is 1. The maximum atomic E-state index is 12.1. The summed E-state index contributed by atoms with van der Waals surface area (Å²) < 4.78 is 40.1. The van der Waals surface area contributed by atoms with E-state index in [0.717, 1.165) is 5.56 Å². The Kier molecular flexibility index (Phi) is 3.55. The molecular weight excluding hydrogens is 245 g/mol. The van der Waals surface area contributed by atoms with Crippen molar-refractivity contribution in [2.24, 2.45) is 4.99 Å². The van der Waals surface area contributed by atoms with Crippen LogP contribution in [0.15, 0.2) is 41.5 Å². The highest BCUT2D eigenvalue weighted by atomic mass is 19.4. The lowest BCUT2D eigenvalue weighted by Gasteiger charge is -2.20. The first-order valence-electron chi connectivity index (χ1n) is 5.28. The van der Waals surface area contributed by atoms with Crippen LogP contribution in [-0.4, -0.2) is 24.1 Å². The monoisotopic (exact) mass is 256 g/mol. The Hall–Kier alpha value is -1.98. The maximum absolute atomic E-state index is 12.1. The molecule has 0 N–H and O–H groups in total. The highest BCUT2D eigenvalue weighted by Crippen LogP contribution is 2.23. The minimum Gasteiger partial charge on any atom is -0.406 e. The number of rotatable bonds is 3. The van der Waals surface area contributed by atoms with Gasteiger partial charge in [-0.15, -0.1) is 13.2 Å². The second kappa shape index (κ2) is 5.12. The highest BCUT2D eigenvalue weighted by Gasteiger charge is 2.31. The van der Waals surface area contributed by atoms with Crippen molar-refractivity contribution in [1.82, 2.24) is 4.90 Å². The molecule has 0 radical (unpaired) electrons. The van der Waals surface area contributed by atoms with Gasteiger partial charge in [-0.1, -0.05) is 12.1 Å². The van der Waals surface area contributed by atoms with Gasteiger partial charge in [-0.3, -0.25) is 4.99 Å². The van der Waals surface area contributed by atoms with Crippen LogP contribution in [0.25, 0.3) is 0 Å². The van der Waals surface area contributed by atoms with E-state index in [1.54, 1.807) is 18.4 Å². The molecule has 1 heterocycles. The van der Waals surface area contributed by atoms with Gasteiger partial charge in [0.05, 0.1) is 0 Å². The van der Waals surface area contributed by atoms with Gasteiger partial charge >= 0.3 is 6.36 Å². The van der Waals surface area contributed by atoms with E-state index in [2.05, 4.69) is 9.73 Å². The first kappa shape index (κ1) is 12.5. The van der Waals surface area contributed by atoms with Gasteiger partial charge in [0.2, 0.25) is 0 Å². The fourth-order valence-electron chi connectivity index (χ4n) is 1.60. The molecule has 96 valence electrons. The molecule has 6 heteroatoms. The number of alkyl halides is 3. The number of aliphatic imine (C=N–C) groups is 1. The summed E-state index contributed by atoms with van der Waals surface area (Å²) >= 11 is 0. The van der Waals surface area contributed by atoms with Crippen molar-refractivity contribution in [1.29, 1.82) is 0 Å². The van der Waals surface area contributed by atoms with Crippen LogP contribution in [0, 0.1) is 0 Å². The predicted molar refractivity (Wildman–Crippen MR) is 61.2 cm³/mol. The van der Waals surface area contributed by atoms with Gasteiger partial charge in [0.15, 0.2) is 0 Å². The van der Waals surface area contributed by atoms with Crippen molar-refractivity contribution in [3.8, 4) is 5.75 Å². The number of ether oxygens (including phenoxy) is 1. The number of allylic oxidation sites excluding steroid dienone is 1. The highest BCUT2D eigenvalue weighted by molar-refractivity contribution is 5.71. The van der Waals surface area contributed by atoms with Crippen LogP contribution < -0.4 is 4.74 Å². The molecule has 0 saturated carbocycles. The molecule has 2 rings (SSSR count). The molecule has 0 saturated heterocycles. The van der Waals surface area contributed by atoms with E-state index in [9.17, 15) is 13.2 Å². The summed E-state index contributed by atoms with van der Waals surface area (Å²) in [5.74, 6) is -0.204. The summed E-state index contributed by atoms with van der Waals surface area (Å²) in [5, 5.41) is 0. The first-order chi connectivity index (χ1) is 8.53. The molecule has 1 aliphatic heterocycles. The van der Waals surface area contributed by atoms with Gasteiger partial charge in [0.25, 0.3) is 0 Å². The van der Waals surface area contributed by atoms with Crippen LogP contribution in [0.5, 0.6) is 5.75 Å². The van der Waals surface area contributed by atoms with Crippen molar-refractivity contribution < 1.29 is 17.9 Å². The molecule has 0 aliphatic carbocycles. The number of hydrogen-bond acceptors (Lipinski definition) is 3. The Labute approximate surface area is 102 Å². The zero-order chi connectivity index (χ0) is 13.0. The van der Waals surface area contributed by atoms with Gasteiger partial charge in [-0.25, -0.2) is 0 Å². The standard InChI is InChI=1S/C12H11F3N2O/c13-12(14,15)18-11-4-1-3-10(7-11)8-17-6-2-5-16-9-17/h1-7H,8-9H2. The molecule has 1 aromatic carbocycles. The van der Waals surface area contributed by atoms with E-state index in [4.69, 9.17) is 0 Å². The molecule has 0 aromatic heterocycles. The molecule has 0 bridgehead atoms. The Morgan fingerprint density at radius 3 is 2.83 bits per heavy atom. The zero-order valence-corrected chi connectivity index (χ0v) is 9.39. The van der Waals surface area contributed by atoms with Crippen molar-refractivity contribution in [3.05, 3.63) is 42.1 Å². The van der Waals surface area contributed by atoms with Crippen LogP contribution in [0.2, 0.25) is 0 Å². The average molecular weight is 256 g/mol. The van der Waals surface area contributed by atoms with E-state index in [1.165, 1.54) is 18.2 Å². The fourth-order valence-corrected chi connectivity index (χ4v) is 1.60. The van der Waals surface area contributed by atoms with Crippen molar-refractivity contribution in [3.63, 3.8) is 0 Å². The Balaban J connectivity index is 2.03. The first-order valence-corrected chi connectivity index (χ1v) is 5.28. The lowest BCUT2D eigenvalue weighted by Crippen LogP contribution is -2.19. The number of nitrogens with zero attached hydrogens (tertiary/aromatic N) is 2. The largest absolute Gasteiger partial charge is 0.573 e. The number of halogens is 3. The van der Waals surface area contributed by atoms with E-state index >= 15 is 0 Å². The van der Waals surface area contributed by atoms with Crippen LogP contribution in [0.4, 0.5) is 13.2 Å². The molecule has 18 heavy (non-hydrogen) atoms. The van der Waals surface area contributed by atoms with Gasteiger partial charge in [-0.05, 0) is 23.8 Å². The average Bonchev–Trinajstić information content (AvgIpc) is 2.28. The van der Waals surface area contributed by atoms with E-state index in [0.29, 0.717) is 13.2 Å². The second-order valence-corrected chi connectivity index (χ2v) is 3.76. The van der Waals surface area contributed by atoms with Gasteiger partial charge in [0.1, 0.15) is 12.4 Å². The minimum atomic E-state index is -4.66. The van der Waals surface area contributed by atoms with Crippen molar-refractivity contribution in [2.75, 3.05) is 6.67 Å². The summed E-state index contributed by atoms with van der Waals surface area (Å²) in [4.78, 5) is 5.92. The summed E-state index contributed by atoms with van der Waals surface area (Å²) in [6.07, 6.45) is 0.636. The third-order valence-electron chi connectivity index (χ3n) is 2.27. The lowest BCUT2D eigenvalue weighted by atomic mass is 10.2. The third-order valence-corrected chi connectivity index (χ3v) is 2.27. The van der Waals surface area contributed by atoms with E-state index < -0.39 is 6.36 Å². The molecular formula is C12H11F3N2O. The molecule has 1 aromatic rings. The summed E-state index contributed by atoms with van der Waals surface area (Å²) in [6.45, 7) is 0.990. The topological polar surface area (TPSA) is 24.8 Å². The smallest absolute Gasteiger partial charge is 0.406 e. The SMILES string of the molecule is FC(F)(F)Oc1cccc(CN2C=CC=NC2)c1. The lowest BCUT2D eigenvalue weighted by molar-refractivity contribution is -0.274. The van der Waals surface area contributed by atoms with Crippen LogP contribution in [-0.2, 0) is 6.54 Å². The van der Waals surface area contributed by atoms with Gasteiger partial charge in [-0.2, -0.15) is 0 Å². The summed E-state index contributed by atoms with van der Waals surface area (Å²) in [7, 11) is 0. The Morgan fingerprint density at radius 1 is 1.33 bits per heavy atom. The molecule has 1 aliphatic rings. The van der Waals surface area contributed by atoms with E-state index in [-0.39, 0.29) is 5.75 Å².